The van der Waals surface area contributed by atoms with E-state index in [2.05, 4.69) is 47.3 Å². The molecule has 0 aromatic heterocycles. The van der Waals surface area contributed by atoms with Crippen LogP contribution in [0, 0.1) is 41.9 Å². The van der Waals surface area contributed by atoms with Gasteiger partial charge in [-0.1, -0.05) is 63.6 Å². The maximum absolute atomic E-state index is 12.8. The average Bonchev–Trinajstić information content (AvgIpc) is 2.71. The summed E-state index contributed by atoms with van der Waals surface area (Å²) in [7, 11) is 0. The van der Waals surface area contributed by atoms with E-state index in [1.54, 1.807) is 18.2 Å². The van der Waals surface area contributed by atoms with Gasteiger partial charge in [0.1, 0.15) is 17.9 Å². The van der Waals surface area contributed by atoms with Gasteiger partial charge in [0.05, 0.1) is 10.6 Å². The van der Waals surface area contributed by atoms with Gasteiger partial charge in [-0.3, -0.25) is 4.79 Å². The second kappa shape index (κ2) is 8.75. The van der Waals surface area contributed by atoms with Crippen LogP contribution in [0.1, 0.15) is 67.6 Å². The van der Waals surface area contributed by atoms with Gasteiger partial charge in [0.2, 0.25) is 0 Å². The molecule has 3 nitrogen and oxygen atoms in total. The van der Waals surface area contributed by atoms with E-state index in [1.165, 1.54) is 5.56 Å². The second-order valence-corrected chi connectivity index (χ2v) is 10.6. The smallest absolute Gasteiger partial charge is 0.163 e. The van der Waals surface area contributed by atoms with Gasteiger partial charge >= 0.3 is 0 Å². The molecule has 1 fully saturated rings. The van der Waals surface area contributed by atoms with Crippen molar-refractivity contribution in [3.63, 3.8) is 0 Å². The predicted octanol–water partition coefficient (Wildman–Crippen LogP) is 7.48. The van der Waals surface area contributed by atoms with Crippen LogP contribution < -0.4 is 4.74 Å². The third kappa shape index (κ3) is 4.34. The Labute approximate surface area is 197 Å². The average molecular weight is 450 g/mol. The van der Waals surface area contributed by atoms with Gasteiger partial charge in [-0.05, 0) is 55.5 Å². The van der Waals surface area contributed by atoms with E-state index >= 15 is 0 Å². The van der Waals surface area contributed by atoms with Crippen LogP contribution in [0.25, 0.3) is 0 Å². The van der Waals surface area contributed by atoms with E-state index in [1.807, 2.05) is 25.1 Å². The van der Waals surface area contributed by atoms with Crippen LogP contribution in [0.5, 0.6) is 5.75 Å². The van der Waals surface area contributed by atoms with E-state index in [-0.39, 0.29) is 28.6 Å². The number of halogens is 1. The molecule has 2 aromatic carbocycles. The van der Waals surface area contributed by atoms with Gasteiger partial charge in [-0.15, -0.1) is 0 Å². The van der Waals surface area contributed by atoms with Crippen LogP contribution in [0.4, 0.5) is 0 Å². The Morgan fingerprint density at radius 2 is 1.72 bits per heavy atom. The molecule has 0 saturated heterocycles. The van der Waals surface area contributed by atoms with E-state index in [0.717, 1.165) is 16.7 Å². The van der Waals surface area contributed by atoms with Crippen LogP contribution in [-0.2, 0) is 0 Å². The van der Waals surface area contributed by atoms with Gasteiger partial charge in [-0.25, -0.2) is 0 Å². The fourth-order valence-electron chi connectivity index (χ4n) is 5.75. The monoisotopic (exact) mass is 449 g/mol. The number of allylic oxidation sites excluding steroid dienone is 1. The lowest BCUT2D eigenvalue weighted by atomic mass is 9.43. The summed E-state index contributed by atoms with van der Waals surface area (Å²) in [5, 5.41) is 9.48. The number of nitrogens with zero attached hydrogens (tertiary/aromatic N) is 1. The Morgan fingerprint density at radius 3 is 2.28 bits per heavy atom. The summed E-state index contributed by atoms with van der Waals surface area (Å²) in [6.07, 6.45) is 1.08. The molecule has 2 aromatic rings. The SMILES string of the molecule is C=C(CCC(=O)c1ccc(C)c(C)c1)C1C(C)(C)C(Oc2ccc(C#N)c(Cl)c2)C1(C)C. The molecule has 1 aliphatic rings. The number of carbonyl (C=O) groups is 1. The zero-order valence-electron chi connectivity index (χ0n) is 19.9. The van der Waals surface area contributed by atoms with Crippen molar-refractivity contribution >= 4 is 17.4 Å². The lowest BCUT2D eigenvalue weighted by Gasteiger charge is -2.64. The van der Waals surface area contributed by atoms with Crippen molar-refractivity contribution in [1.29, 1.82) is 5.26 Å². The van der Waals surface area contributed by atoms with Crippen molar-refractivity contribution in [2.45, 2.75) is 60.5 Å². The third-order valence-corrected chi connectivity index (χ3v) is 7.38. The predicted molar refractivity (Wildman–Crippen MR) is 130 cm³/mol. The summed E-state index contributed by atoms with van der Waals surface area (Å²) in [5.41, 5.74) is 4.33. The highest BCUT2D eigenvalue weighted by Crippen LogP contribution is 2.63. The van der Waals surface area contributed by atoms with Gasteiger partial charge in [-0.2, -0.15) is 5.26 Å². The Hall–Kier alpha value is -2.57. The fraction of sp³-hybridized carbons (Fsp3) is 0.429. The number of Topliss-reactive ketones (excluding diaryl/α,β-unsaturated/α-hetero) is 1. The minimum Gasteiger partial charge on any atom is -0.489 e. The van der Waals surface area contributed by atoms with Gasteiger partial charge in [0.15, 0.2) is 5.78 Å². The first-order valence-electron chi connectivity index (χ1n) is 11.0. The molecule has 0 N–H and O–H groups in total. The van der Waals surface area contributed by atoms with E-state index in [0.29, 0.717) is 29.2 Å². The standard InChI is InChI=1S/C28H32ClNO2/c1-17-8-10-20(14-19(17)3)24(31)13-9-18(2)25-27(4,5)26(28(25,6)7)32-22-12-11-21(16-30)23(29)15-22/h8,10-12,14-15,25-26H,2,9,13H2,1,3-7H3. The first-order chi connectivity index (χ1) is 14.9. The number of nitriles is 1. The summed E-state index contributed by atoms with van der Waals surface area (Å²) in [6.45, 7) is 17.2. The van der Waals surface area contributed by atoms with Crippen LogP contribution in [0.2, 0.25) is 5.02 Å². The Morgan fingerprint density at radius 1 is 1.06 bits per heavy atom. The summed E-state index contributed by atoms with van der Waals surface area (Å²) >= 11 is 6.19. The molecule has 1 saturated carbocycles. The summed E-state index contributed by atoms with van der Waals surface area (Å²) in [5.74, 6) is 1.04. The molecule has 0 amide bonds. The number of carbonyl (C=O) groups excluding carboxylic acids is 1. The highest BCUT2D eigenvalue weighted by atomic mass is 35.5. The zero-order chi connectivity index (χ0) is 23.8. The van der Waals surface area contributed by atoms with Crippen LogP contribution in [0.15, 0.2) is 48.6 Å². The number of hydrogen-bond donors (Lipinski definition) is 0. The van der Waals surface area contributed by atoms with Crippen molar-refractivity contribution in [3.05, 3.63) is 75.8 Å². The number of rotatable bonds is 7. The molecule has 0 bridgehead atoms. The number of ether oxygens (including phenoxy) is 1. The van der Waals surface area contributed by atoms with Crippen molar-refractivity contribution in [2.24, 2.45) is 16.7 Å². The Kier molecular flexibility index (Phi) is 6.59. The molecule has 168 valence electrons. The zero-order valence-corrected chi connectivity index (χ0v) is 20.6. The fourth-order valence-corrected chi connectivity index (χ4v) is 5.97. The van der Waals surface area contributed by atoms with Crippen molar-refractivity contribution in [1.82, 2.24) is 0 Å². The lowest BCUT2D eigenvalue weighted by molar-refractivity contribution is -0.182. The van der Waals surface area contributed by atoms with E-state index < -0.39 is 0 Å². The molecule has 0 spiro atoms. The summed E-state index contributed by atoms with van der Waals surface area (Å²) in [4.78, 5) is 12.8. The molecule has 0 radical (unpaired) electrons. The largest absolute Gasteiger partial charge is 0.489 e. The van der Waals surface area contributed by atoms with Crippen molar-refractivity contribution < 1.29 is 9.53 Å². The van der Waals surface area contributed by atoms with Crippen LogP contribution in [-0.4, -0.2) is 11.9 Å². The van der Waals surface area contributed by atoms with Crippen LogP contribution in [0.3, 0.4) is 0 Å². The van der Waals surface area contributed by atoms with Crippen molar-refractivity contribution in [3.8, 4) is 11.8 Å². The maximum atomic E-state index is 12.8. The minimum absolute atomic E-state index is 0.0452. The van der Waals surface area contributed by atoms with Gasteiger partial charge in [0.25, 0.3) is 0 Å². The molecule has 0 heterocycles. The molecular formula is C28H32ClNO2. The molecule has 1 aliphatic carbocycles. The number of aryl methyl sites for hydroxylation is 2. The Balaban J connectivity index is 1.68. The van der Waals surface area contributed by atoms with E-state index in [4.69, 9.17) is 21.6 Å². The molecular weight excluding hydrogens is 418 g/mol. The van der Waals surface area contributed by atoms with Crippen molar-refractivity contribution in [2.75, 3.05) is 0 Å². The molecule has 4 heteroatoms. The number of hydrogen-bond acceptors (Lipinski definition) is 3. The number of ketones is 1. The molecule has 0 unspecified atom stereocenters. The van der Waals surface area contributed by atoms with Gasteiger partial charge < -0.3 is 4.74 Å². The maximum Gasteiger partial charge on any atom is 0.163 e. The van der Waals surface area contributed by atoms with Crippen LogP contribution >= 0.6 is 11.6 Å². The number of benzene rings is 2. The Bertz CT molecular complexity index is 1090. The third-order valence-electron chi connectivity index (χ3n) is 7.06. The molecule has 3 rings (SSSR count). The molecule has 0 atom stereocenters. The lowest BCUT2D eigenvalue weighted by Crippen LogP contribution is -2.66. The van der Waals surface area contributed by atoms with E-state index in [9.17, 15) is 4.79 Å². The first kappa shape index (κ1) is 24.1. The normalized spacial score (nSPS) is 20.7. The highest BCUT2D eigenvalue weighted by Gasteiger charge is 2.63. The topological polar surface area (TPSA) is 50.1 Å². The molecule has 0 aliphatic heterocycles. The van der Waals surface area contributed by atoms with Gasteiger partial charge in [0, 0.05) is 28.9 Å². The second-order valence-electron chi connectivity index (χ2n) is 10.2. The minimum atomic E-state index is -0.148. The summed E-state index contributed by atoms with van der Waals surface area (Å²) < 4.78 is 6.36. The molecule has 32 heavy (non-hydrogen) atoms. The quantitative estimate of drug-likeness (QED) is 0.325. The highest BCUT2D eigenvalue weighted by molar-refractivity contribution is 6.31. The first-order valence-corrected chi connectivity index (χ1v) is 11.4. The summed E-state index contributed by atoms with van der Waals surface area (Å²) in [6, 6.07) is 13.2.